The van der Waals surface area contributed by atoms with E-state index in [1.807, 2.05) is 25.7 Å². The summed E-state index contributed by atoms with van der Waals surface area (Å²) in [6.07, 6.45) is 4.25. The van der Waals surface area contributed by atoms with E-state index in [-0.39, 0.29) is 23.7 Å². The van der Waals surface area contributed by atoms with Crippen molar-refractivity contribution in [3.8, 4) is 0 Å². The quantitative estimate of drug-likeness (QED) is 0.735. The Balaban J connectivity index is 2.15. The predicted octanol–water partition coefficient (Wildman–Crippen LogP) is 2.94. The first-order valence-corrected chi connectivity index (χ1v) is 7.42. The molecule has 2 aliphatic rings. The lowest BCUT2D eigenvalue weighted by Crippen LogP contribution is -2.60. The Kier molecular flexibility index (Phi) is 3.83. The van der Waals surface area contributed by atoms with Crippen LogP contribution >= 0.6 is 0 Å². The van der Waals surface area contributed by atoms with Crippen LogP contribution in [0.2, 0.25) is 0 Å². The fraction of sp³-hybridized carbons (Fsp3) is 0.933. The van der Waals surface area contributed by atoms with Gasteiger partial charge in [-0.3, -0.25) is 0 Å². The van der Waals surface area contributed by atoms with Crippen molar-refractivity contribution in [2.75, 3.05) is 6.54 Å². The highest BCUT2D eigenvalue weighted by molar-refractivity contribution is 5.69. The number of carbonyl (C=O) groups excluding carboxylic acids is 1. The van der Waals surface area contributed by atoms with Crippen LogP contribution in [0.3, 0.4) is 0 Å². The second kappa shape index (κ2) is 4.97. The molecule has 1 amide bonds. The maximum absolute atomic E-state index is 12.3. The smallest absolute Gasteiger partial charge is 0.410 e. The fourth-order valence-electron chi connectivity index (χ4n) is 3.56. The summed E-state index contributed by atoms with van der Waals surface area (Å²) in [7, 11) is 0. The van der Waals surface area contributed by atoms with Crippen LogP contribution in [0.1, 0.15) is 59.8 Å². The maximum Gasteiger partial charge on any atom is 0.410 e. The second-order valence-corrected chi connectivity index (χ2v) is 7.25. The number of carbonyl (C=O) groups is 1. The third-order valence-corrected chi connectivity index (χ3v) is 4.60. The molecule has 19 heavy (non-hydrogen) atoms. The summed E-state index contributed by atoms with van der Waals surface area (Å²) < 4.78 is 5.51. The summed E-state index contributed by atoms with van der Waals surface area (Å²) in [5, 5.41) is 10.3. The van der Waals surface area contributed by atoms with Crippen molar-refractivity contribution in [2.24, 2.45) is 5.41 Å². The SMILES string of the molecule is CC(C)(C)OC(=O)N1CCC[C@]2(C)[C@@H]1CCC[C@@H]2O. The molecule has 0 spiro atoms. The molecule has 110 valence electrons. The van der Waals surface area contributed by atoms with Crippen molar-refractivity contribution in [2.45, 2.75) is 77.5 Å². The van der Waals surface area contributed by atoms with Gasteiger partial charge in [0, 0.05) is 18.0 Å². The molecule has 2 fully saturated rings. The Bertz CT molecular complexity index is 350. The first-order chi connectivity index (χ1) is 8.74. The van der Waals surface area contributed by atoms with Crippen LogP contribution in [0.25, 0.3) is 0 Å². The van der Waals surface area contributed by atoms with Gasteiger partial charge in [-0.25, -0.2) is 4.79 Å². The third kappa shape index (κ3) is 2.88. The monoisotopic (exact) mass is 269 g/mol. The number of likely N-dealkylation sites (tertiary alicyclic amines) is 1. The van der Waals surface area contributed by atoms with E-state index in [1.54, 1.807) is 0 Å². The molecule has 2 rings (SSSR count). The first kappa shape index (κ1) is 14.6. The third-order valence-electron chi connectivity index (χ3n) is 4.60. The molecule has 1 N–H and O–H groups in total. The van der Waals surface area contributed by atoms with Crippen LogP contribution < -0.4 is 0 Å². The number of amides is 1. The molecule has 3 atom stereocenters. The summed E-state index contributed by atoms with van der Waals surface area (Å²) in [6, 6.07) is 0.125. The van der Waals surface area contributed by atoms with Gasteiger partial charge < -0.3 is 14.7 Å². The molecule has 0 bridgehead atoms. The van der Waals surface area contributed by atoms with E-state index in [4.69, 9.17) is 4.74 Å². The van der Waals surface area contributed by atoms with E-state index in [2.05, 4.69) is 6.92 Å². The number of fused-ring (bicyclic) bond motifs is 1. The van der Waals surface area contributed by atoms with E-state index < -0.39 is 5.60 Å². The zero-order chi connectivity index (χ0) is 14.3. The van der Waals surface area contributed by atoms with Crippen molar-refractivity contribution in [1.82, 2.24) is 4.90 Å². The Morgan fingerprint density at radius 1 is 1.32 bits per heavy atom. The van der Waals surface area contributed by atoms with Gasteiger partial charge in [-0.15, -0.1) is 0 Å². The van der Waals surface area contributed by atoms with E-state index in [1.165, 1.54) is 0 Å². The number of nitrogens with zero attached hydrogens (tertiary/aromatic N) is 1. The van der Waals surface area contributed by atoms with Gasteiger partial charge >= 0.3 is 6.09 Å². The van der Waals surface area contributed by atoms with Crippen molar-refractivity contribution in [1.29, 1.82) is 0 Å². The van der Waals surface area contributed by atoms with Gasteiger partial charge in [0.1, 0.15) is 5.60 Å². The van der Waals surface area contributed by atoms with Crippen LogP contribution in [0.4, 0.5) is 4.79 Å². The summed E-state index contributed by atoms with van der Waals surface area (Å²) >= 11 is 0. The molecule has 1 aliphatic carbocycles. The minimum absolute atomic E-state index is 0.125. The number of rotatable bonds is 0. The maximum atomic E-state index is 12.3. The number of hydrogen-bond acceptors (Lipinski definition) is 3. The minimum Gasteiger partial charge on any atom is -0.444 e. The Labute approximate surface area is 116 Å². The van der Waals surface area contributed by atoms with Gasteiger partial charge in [0.05, 0.1) is 6.10 Å². The molecule has 1 heterocycles. The molecule has 1 saturated carbocycles. The molecule has 0 radical (unpaired) electrons. The molecule has 1 saturated heterocycles. The van der Waals surface area contributed by atoms with Gasteiger partial charge in [-0.2, -0.15) is 0 Å². The highest BCUT2D eigenvalue weighted by Gasteiger charge is 2.49. The lowest BCUT2D eigenvalue weighted by molar-refractivity contribution is -0.0935. The molecular formula is C15H27NO3. The van der Waals surface area contributed by atoms with Crippen molar-refractivity contribution in [3.63, 3.8) is 0 Å². The van der Waals surface area contributed by atoms with Gasteiger partial charge in [0.2, 0.25) is 0 Å². The molecule has 0 unspecified atom stereocenters. The molecule has 0 aromatic heterocycles. The number of hydrogen-bond donors (Lipinski definition) is 1. The van der Waals surface area contributed by atoms with Gasteiger partial charge in [-0.1, -0.05) is 6.92 Å². The first-order valence-electron chi connectivity index (χ1n) is 7.42. The molecule has 1 aliphatic heterocycles. The largest absolute Gasteiger partial charge is 0.444 e. The summed E-state index contributed by atoms with van der Waals surface area (Å²) in [5.74, 6) is 0. The average molecular weight is 269 g/mol. The number of piperidine rings is 1. The lowest BCUT2D eigenvalue weighted by Gasteiger charge is -2.53. The number of ether oxygens (including phenoxy) is 1. The predicted molar refractivity (Wildman–Crippen MR) is 73.9 cm³/mol. The number of aliphatic hydroxyl groups is 1. The van der Waals surface area contributed by atoms with Crippen LogP contribution in [0, 0.1) is 5.41 Å². The van der Waals surface area contributed by atoms with Crippen molar-refractivity contribution >= 4 is 6.09 Å². The molecule has 0 aromatic carbocycles. The number of aliphatic hydroxyl groups excluding tert-OH is 1. The second-order valence-electron chi connectivity index (χ2n) is 7.25. The Morgan fingerprint density at radius 2 is 2.00 bits per heavy atom. The average Bonchev–Trinajstić information content (AvgIpc) is 2.27. The highest BCUT2D eigenvalue weighted by atomic mass is 16.6. The van der Waals surface area contributed by atoms with Gasteiger partial charge in [-0.05, 0) is 52.9 Å². The summed E-state index contributed by atoms with van der Waals surface area (Å²) in [5.41, 5.74) is -0.619. The van der Waals surface area contributed by atoms with Crippen LogP contribution in [-0.2, 0) is 4.74 Å². The van der Waals surface area contributed by atoms with E-state index >= 15 is 0 Å². The van der Waals surface area contributed by atoms with Crippen molar-refractivity contribution in [3.05, 3.63) is 0 Å². The van der Waals surface area contributed by atoms with Gasteiger partial charge in [0.25, 0.3) is 0 Å². The van der Waals surface area contributed by atoms with Crippen LogP contribution in [0.5, 0.6) is 0 Å². The standard InChI is InChI=1S/C15H27NO3/c1-14(2,3)19-13(18)16-10-6-9-15(4)11(16)7-5-8-12(15)17/h11-12,17H,5-10H2,1-4H3/t11-,12-,15+/m0/s1. The molecular weight excluding hydrogens is 242 g/mol. The topological polar surface area (TPSA) is 49.8 Å². The van der Waals surface area contributed by atoms with Crippen LogP contribution in [-0.4, -0.2) is 40.4 Å². The molecule has 4 nitrogen and oxygen atoms in total. The van der Waals surface area contributed by atoms with E-state index in [0.29, 0.717) is 0 Å². The highest BCUT2D eigenvalue weighted by Crippen LogP contribution is 2.45. The summed E-state index contributed by atoms with van der Waals surface area (Å²) in [4.78, 5) is 14.2. The normalized spacial score (nSPS) is 35.7. The van der Waals surface area contributed by atoms with E-state index in [0.717, 1.165) is 38.6 Å². The van der Waals surface area contributed by atoms with E-state index in [9.17, 15) is 9.90 Å². The molecule has 4 heteroatoms. The fourth-order valence-corrected chi connectivity index (χ4v) is 3.56. The van der Waals surface area contributed by atoms with Crippen LogP contribution in [0.15, 0.2) is 0 Å². The summed E-state index contributed by atoms with van der Waals surface area (Å²) in [6.45, 7) is 8.55. The Hall–Kier alpha value is -0.770. The lowest BCUT2D eigenvalue weighted by atomic mass is 9.64. The zero-order valence-corrected chi connectivity index (χ0v) is 12.6. The van der Waals surface area contributed by atoms with Gasteiger partial charge in [0.15, 0.2) is 0 Å². The minimum atomic E-state index is -0.460. The zero-order valence-electron chi connectivity index (χ0n) is 12.6. The van der Waals surface area contributed by atoms with Crippen molar-refractivity contribution < 1.29 is 14.6 Å². The Morgan fingerprint density at radius 3 is 2.63 bits per heavy atom. The molecule has 0 aromatic rings.